The Bertz CT molecular complexity index is 959. The Kier molecular flexibility index (Phi) is 5.19. The first-order chi connectivity index (χ1) is 13.5. The molecule has 2 atom stereocenters. The zero-order valence-electron chi connectivity index (χ0n) is 16.1. The Morgan fingerprint density at radius 2 is 2.04 bits per heavy atom. The van der Waals surface area contributed by atoms with Crippen molar-refractivity contribution in [3.63, 3.8) is 0 Å². The fourth-order valence-corrected chi connectivity index (χ4v) is 3.98. The molecule has 0 spiro atoms. The van der Waals surface area contributed by atoms with Crippen LogP contribution in [0.3, 0.4) is 0 Å². The molecule has 0 bridgehead atoms. The number of hydrogen-bond acceptors (Lipinski definition) is 5. The Labute approximate surface area is 163 Å². The number of rotatable bonds is 5. The molecule has 0 amide bonds. The van der Waals surface area contributed by atoms with Crippen molar-refractivity contribution >= 4 is 0 Å². The van der Waals surface area contributed by atoms with E-state index < -0.39 is 6.10 Å². The van der Waals surface area contributed by atoms with Crippen LogP contribution in [0.25, 0.3) is 5.69 Å². The van der Waals surface area contributed by atoms with E-state index in [2.05, 4.69) is 20.0 Å². The van der Waals surface area contributed by atoms with Gasteiger partial charge in [-0.2, -0.15) is 5.10 Å². The fourth-order valence-electron chi connectivity index (χ4n) is 3.98. The van der Waals surface area contributed by atoms with Crippen LogP contribution < -0.4 is 0 Å². The van der Waals surface area contributed by atoms with Crippen molar-refractivity contribution in [1.29, 1.82) is 0 Å². The maximum atomic E-state index is 14.0. The molecule has 1 aliphatic heterocycles. The summed E-state index contributed by atoms with van der Waals surface area (Å²) in [4.78, 5) is 10.6. The van der Waals surface area contributed by atoms with Crippen LogP contribution in [0, 0.1) is 25.6 Å². The Morgan fingerprint density at radius 1 is 1.18 bits per heavy atom. The lowest BCUT2D eigenvalue weighted by Crippen LogP contribution is -2.22. The standard InChI is InChI=1S/C21H24FN5O/c1-14-7-15(2)27(25-14)20-4-3-18(22)8-16(20)11-26-12-17(21(28)13-26)9-19-10-23-5-6-24-19/h3-8,10,17,21,28H,9,11-13H2,1-2H3/t17-,21-/m1/s1. The van der Waals surface area contributed by atoms with Crippen LogP contribution >= 0.6 is 0 Å². The number of halogens is 1. The third-order valence-electron chi connectivity index (χ3n) is 5.24. The molecule has 3 aromatic rings. The molecule has 1 aliphatic rings. The first-order valence-corrected chi connectivity index (χ1v) is 9.47. The molecule has 6 nitrogen and oxygen atoms in total. The lowest BCUT2D eigenvalue weighted by Gasteiger charge is -2.19. The van der Waals surface area contributed by atoms with Crippen LogP contribution in [0.15, 0.2) is 42.9 Å². The van der Waals surface area contributed by atoms with E-state index in [1.165, 1.54) is 6.07 Å². The number of β-amino-alcohol motifs (C(OH)–C–C–N with tert-alkyl or cyclic N) is 1. The number of benzene rings is 1. The Balaban J connectivity index is 1.53. The first-order valence-electron chi connectivity index (χ1n) is 9.47. The quantitative estimate of drug-likeness (QED) is 0.735. The molecule has 0 aliphatic carbocycles. The highest BCUT2D eigenvalue weighted by Gasteiger charge is 2.32. The van der Waals surface area contributed by atoms with Gasteiger partial charge in [-0.1, -0.05) is 0 Å². The SMILES string of the molecule is Cc1cc(C)n(-c2ccc(F)cc2CN2C[C@@H](Cc3cnccn3)[C@H](O)C2)n1. The predicted octanol–water partition coefficient (Wildman–Crippen LogP) is 2.45. The molecular weight excluding hydrogens is 357 g/mol. The second-order valence-corrected chi connectivity index (χ2v) is 7.53. The summed E-state index contributed by atoms with van der Waals surface area (Å²) >= 11 is 0. The monoisotopic (exact) mass is 381 g/mol. The number of likely N-dealkylation sites (tertiary alicyclic amines) is 1. The second-order valence-electron chi connectivity index (χ2n) is 7.53. The summed E-state index contributed by atoms with van der Waals surface area (Å²) in [5, 5.41) is 15.0. The fraction of sp³-hybridized carbons (Fsp3) is 0.381. The minimum absolute atomic E-state index is 0.0855. The van der Waals surface area contributed by atoms with Crippen LogP contribution in [0.4, 0.5) is 4.39 Å². The van der Waals surface area contributed by atoms with Crippen LogP contribution in [0.1, 0.15) is 22.6 Å². The van der Waals surface area contributed by atoms with Gasteiger partial charge in [0.15, 0.2) is 0 Å². The van der Waals surface area contributed by atoms with Gasteiger partial charge in [0, 0.05) is 49.8 Å². The average Bonchev–Trinajstić information content (AvgIpc) is 3.17. The van der Waals surface area contributed by atoms with E-state index in [0.717, 1.165) is 34.9 Å². The second kappa shape index (κ2) is 7.77. The zero-order valence-corrected chi connectivity index (χ0v) is 16.1. The van der Waals surface area contributed by atoms with Crippen molar-refractivity contribution in [2.75, 3.05) is 13.1 Å². The van der Waals surface area contributed by atoms with Crippen molar-refractivity contribution in [3.05, 3.63) is 71.3 Å². The van der Waals surface area contributed by atoms with Gasteiger partial charge < -0.3 is 5.11 Å². The summed E-state index contributed by atoms with van der Waals surface area (Å²) in [6.07, 6.45) is 5.29. The van der Waals surface area contributed by atoms with E-state index in [1.54, 1.807) is 30.7 Å². The molecule has 7 heteroatoms. The molecule has 0 unspecified atom stereocenters. The Hall–Kier alpha value is -2.64. The van der Waals surface area contributed by atoms with Crippen molar-refractivity contribution in [1.82, 2.24) is 24.6 Å². The maximum Gasteiger partial charge on any atom is 0.123 e. The molecule has 146 valence electrons. The van der Waals surface area contributed by atoms with Gasteiger partial charge in [-0.05, 0) is 50.1 Å². The minimum atomic E-state index is -0.437. The van der Waals surface area contributed by atoms with Crippen LogP contribution in [-0.2, 0) is 13.0 Å². The van der Waals surface area contributed by atoms with Crippen molar-refractivity contribution < 1.29 is 9.50 Å². The van der Waals surface area contributed by atoms with Crippen LogP contribution in [0.5, 0.6) is 0 Å². The molecule has 0 radical (unpaired) electrons. The van der Waals surface area contributed by atoms with Gasteiger partial charge in [0.2, 0.25) is 0 Å². The van der Waals surface area contributed by atoms with Gasteiger partial charge in [0.1, 0.15) is 5.82 Å². The lowest BCUT2D eigenvalue weighted by atomic mass is 10.0. The molecule has 2 aromatic heterocycles. The molecular formula is C21H24FN5O. The summed E-state index contributed by atoms with van der Waals surface area (Å²) in [7, 11) is 0. The third kappa shape index (κ3) is 3.95. The van der Waals surface area contributed by atoms with Gasteiger partial charge >= 0.3 is 0 Å². The van der Waals surface area contributed by atoms with Gasteiger partial charge in [0.25, 0.3) is 0 Å². The van der Waals surface area contributed by atoms with Crippen molar-refractivity contribution in [3.8, 4) is 5.69 Å². The smallest absolute Gasteiger partial charge is 0.123 e. The van der Waals surface area contributed by atoms with Gasteiger partial charge in [0.05, 0.1) is 23.2 Å². The van der Waals surface area contributed by atoms with Crippen molar-refractivity contribution in [2.24, 2.45) is 5.92 Å². The number of aliphatic hydroxyl groups is 1. The van der Waals surface area contributed by atoms with E-state index in [-0.39, 0.29) is 11.7 Å². The predicted molar refractivity (Wildman–Crippen MR) is 104 cm³/mol. The van der Waals surface area contributed by atoms with Crippen LogP contribution in [-0.4, -0.2) is 48.9 Å². The largest absolute Gasteiger partial charge is 0.391 e. The van der Waals surface area contributed by atoms with Crippen LogP contribution in [0.2, 0.25) is 0 Å². The maximum absolute atomic E-state index is 14.0. The molecule has 4 rings (SSSR count). The summed E-state index contributed by atoms with van der Waals surface area (Å²) in [5.41, 5.74) is 4.54. The lowest BCUT2D eigenvalue weighted by molar-refractivity contribution is 0.140. The summed E-state index contributed by atoms with van der Waals surface area (Å²) < 4.78 is 15.8. The summed E-state index contributed by atoms with van der Waals surface area (Å²) in [6, 6.07) is 6.80. The summed E-state index contributed by atoms with van der Waals surface area (Å²) in [5.74, 6) is -0.182. The van der Waals surface area contributed by atoms with E-state index in [1.807, 2.05) is 24.6 Å². The number of aromatic nitrogens is 4. The highest BCUT2D eigenvalue weighted by molar-refractivity contribution is 5.42. The van der Waals surface area contributed by atoms with Crippen molar-refractivity contribution in [2.45, 2.75) is 32.9 Å². The molecule has 1 N–H and O–H groups in total. The molecule has 0 saturated carbocycles. The number of aryl methyl sites for hydroxylation is 2. The molecule has 1 fully saturated rings. The number of nitrogens with zero attached hydrogens (tertiary/aromatic N) is 5. The number of hydrogen-bond donors (Lipinski definition) is 1. The number of aliphatic hydroxyl groups excluding tert-OH is 1. The molecule has 28 heavy (non-hydrogen) atoms. The van der Waals surface area contributed by atoms with E-state index in [0.29, 0.717) is 19.5 Å². The zero-order chi connectivity index (χ0) is 19.7. The van der Waals surface area contributed by atoms with Gasteiger partial charge in [-0.3, -0.25) is 14.9 Å². The van der Waals surface area contributed by atoms with Gasteiger partial charge in [-0.15, -0.1) is 0 Å². The van der Waals surface area contributed by atoms with E-state index >= 15 is 0 Å². The topological polar surface area (TPSA) is 67.1 Å². The Morgan fingerprint density at radius 3 is 2.75 bits per heavy atom. The summed E-state index contributed by atoms with van der Waals surface area (Å²) in [6.45, 7) is 5.77. The normalized spacial score (nSPS) is 20.0. The minimum Gasteiger partial charge on any atom is -0.391 e. The van der Waals surface area contributed by atoms with Gasteiger partial charge in [-0.25, -0.2) is 9.07 Å². The highest BCUT2D eigenvalue weighted by Crippen LogP contribution is 2.25. The average molecular weight is 381 g/mol. The highest BCUT2D eigenvalue weighted by atomic mass is 19.1. The third-order valence-corrected chi connectivity index (χ3v) is 5.24. The first kappa shape index (κ1) is 18.7. The molecule has 1 aromatic carbocycles. The molecule has 1 saturated heterocycles. The molecule has 3 heterocycles. The van der Waals surface area contributed by atoms with E-state index in [9.17, 15) is 9.50 Å². The van der Waals surface area contributed by atoms with E-state index in [4.69, 9.17) is 0 Å².